The van der Waals surface area contributed by atoms with Crippen molar-refractivity contribution in [2.45, 2.75) is 21.0 Å². The van der Waals surface area contributed by atoms with E-state index in [0.717, 1.165) is 0 Å². The van der Waals surface area contributed by atoms with E-state index in [0.29, 0.717) is 15.8 Å². The van der Waals surface area contributed by atoms with Crippen LogP contribution in [0, 0.1) is 0 Å². The van der Waals surface area contributed by atoms with Crippen LogP contribution in [0.2, 0.25) is 0 Å². The second-order valence-electron chi connectivity index (χ2n) is 6.44. The third kappa shape index (κ3) is 4.38. The predicted octanol–water partition coefficient (Wildman–Crippen LogP) is 0.890. The molecular formula is C18H16N6O4S3. The first-order chi connectivity index (χ1) is 15.0. The second-order valence-corrected chi connectivity index (χ2v) is 9.54. The van der Waals surface area contributed by atoms with Crippen LogP contribution in [0.4, 0.5) is 0 Å². The SMILES string of the molecule is O=C(CSc1cnccn1)NC1(CSc2cnccn2)C(=O)N2C(C(=O)O)=CCS[C@H]21. The van der Waals surface area contributed by atoms with E-state index in [2.05, 4.69) is 25.3 Å². The molecule has 2 aromatic rings. The number of carbonyl (C=O) groups excluding carboxylic acids is 2. The van der Waals surface area contributed by atoms with Gasteiger partial charge in [-0.15, -0.1) is 23.5 Å². The molecule has 160 valence electrons. The molecule has 0 bridgehead atoms. The summed E-state index contributed by atoms with van der Waals surface area (Å²) in [6.45, 7) is 0. The molecule has 10 nitrogen and oxygen atoms in total. The predicted molar refractivity (Wildman–Crippen MR) is 115 cm³/mol. The Kier molecular flexibility index (Phi) is 6.43. The summed E-state index contributed by atoms with van der Waals surface area (Å²) < 4.78 is 0. The molecular weight excluding hydrogens is 460 g/mol. The lowest BCUT2D eigenvalue weighted by molar-refractivity contribution is -0.157. The minimum atomic E-state index is -1.25. The number of aromatic nitrogens is 4. The van der Waals surface area contributed by atoms with Crippen molar-refractivity contribution in [3.63, 3.8) is 0 Å². The molecule has 0 aromatic carbocycles. The van der Waals surface area contributed by atoms with Crippen molar-refractivity contribution in [1.29, 1.82) is 0 Å². The molecule has 0 radical (unpaired) electrons. The van der Waals surface area contributed by atoms with Crippen LogP contribution in [-0.4, -0.2) is 75.9 Å². The fourth-order valence-corrected chi connectivity index (χ4v) is 6.21. The second kappa shape index (κ2) is 9.24. The maximum atomic E-state index is 13.2. The number of rotatable bonds is 8. The molecule has 4 rings (SSSR count). The van der Waals surface area contributed by atoms with Crippen molar-refractivity contribution >= 4 is 53.1 Å². The molecule has 2 atom stereocenters. The smallest absolute Gasteiger partial charge is 0.352 e. The molecule has 0 aliphatic carbocycles. The first-order valence-electron chi connectivity index (χ1n) is 8.98. The number of β-lactam (4-membered cyclic amide) rings is 1. The zero-order valence-electron chi connectivity index (χ0n) is 15.9. The van der Waals surface area contributed by atoms with Crippen molar-refractivity contribution in [2.75, 3.05) is 17.3 Å². The Morgan fingerprint density at radius 2 is 1.84 bits per heavy atom. The summed E-state index contributed by atoms with van der Waals surface area (Å²) in [5.74, 6) is -1.30. The van der Waals surface area contributed by atoms with Crippen LogP contribution in [0.3, 0.4) is 0 Å². The van der Waals surface area contributed by atoms with Gasteiger partial charge in [0.05, 0.1) is 18.1 Å². The molecule has 4 heterocycles. The lowest BCUT2D eigenvalue weighted by Crippen LogP contribution is -2.81. The quantitative estimate of drug-likeness (QED) is 0.415. The number of carboxylic acids is 1. The summed E-state index contributed by atoms with van der Waals surface area (Å²) in [4.78, 5) is 55.0. The number of fused-ring (bicyclic) bond motifs is 1. The lowest BCUT2D eigenvalue weighted by Gasteiger charge is -2.56. The number of hydrogen-bond acceptors (Lipinski definition) is 10. The number of nitrogens with one attached hydrogen (secondary N) is 1. The highest BCUT2D eigenvalue weighted by Gasteiger charge is 2.64. The van der Waals surface area contributed by atoms with Gasteiger partial charge in [-0.2, -0.15) is 0 Å². The number of nitrogens with zero attached hydrogens (tertiary/aromatic N) is 5. The molecule has 2 aromatic heterocycles. The van der Waals surface area contributed by atoms with E-state index in [1.54, 1.807) is 24.8 Å². The summed E-state index contributed by atoms with van der Waals surface area (Å²) in [6.07, 6.45) is 10.8. The summed E-state index contributed by atoms with van der Waals surface area (Å²) in [5.41, 5.74) is -1.31. The minimum absolute atomic E-state index is 0.0442. The van der Waals surface area contributed by atoms with Gasteiger partial charge < -0.3 is 10.4 Å². The van der Waals surface area contributed by atoms with Gasteiger partial charge in [0, 0.05) is 36.3 Å². The van der Waals surface area contributed by atoms with Crippen molar-refractivity contribution in [3.05, 3.63) is 49.0 Å². The van der Waals surface area contributed by atoms with Gasteiger partial charge in [0.15, 0.2) is 5.54 Å². The molecule has 31 heavy (non-hydrogen) atoms. The number of amides is 2. The van der Waals surface area contributed by atoms with Crippen LogP contribution in [-0.2, 0) is 14.4 Å². The van der Waals surface area contributed by atoms with Gasteiger partial charge in [0.2, 0.25) is 5.91 Å². The maximum Gasteiger partial charge on any atom is 0.352 e. The standard InChI is InChI=1S/C18H16N6O4S3/c25-12(9-30-13-7-19-2-4-21-13)23-18(10-31-14-8-20-3-5-22-14)16(28)24-11(15(26)27)1-6-29-17(18)24/h1-5,7-8,17H,6,9-10H2,(H,23,25)(H,26,27)/t17-,18?/m0/s1. The lowest BCUT2D eigenvalue weighted by atomic mass is 9.88. The molecule has 2 aliphatic rings. The van der Waals surface area contributed by atoms with Crippen LogP contribution in [0.5, 0.6) is 0 Å². The van der Waals surface area contributed by atoms with E-state index in [-0.39, 0.29) is 23.1 Å². The van der Waals surface area contributed by atoms with E-state index < -0.39 is 22.8 Å². The van der Waals surface area contributed by atoms with E-state index >= 15 is 0 Å². The number of carbonyl (C=O) groups is 3. The fraction of sp³-hybridized carbons (Fsp3) is 0.278. The van der Waals surface area contributed by atoms with E-state index in [4.69, 9.17) is 0 Å². The zero-order valence-corrected chi connectivity index (χ0v) is 18.3. The molecule has 0 spiro atoms. The Morgan fingerprint density at radius 1 is 1.16 bits per heavy atom. The van der Waals surface area contributed by atoms with Gasteiger partial charge in [-0.05, 0) is 6.08 Å². The van der Waals surface area contributed by atoms with E-state index in [9.17, 15) is 19.5 Å². The zero-order chi connectivity index (χ0) is 21.8. The third-order valence-corrected chi connectivity index (χ3v) is 7.81. The average Bonchev–Trinajstić information content (AvgIpc) is 2.81. The van der Waals surface area contributed by atoms with Gasteiger partial charge in [-0.25, -0.2) is 14.8 Å². The van der Waals surface area contributed by atoms with Gasteiger partial charge in [-0.1, -0.05) is 11.8 Å². The van der Waals surface area contributed by atoms with Crippen LogP contribution in [0.15, 0.2) is 59.0 Å². The highest BCUT2D eigenvalue weighted by Crippen LogP contribution is 2.46. The molecule has 1 fully saturated rings. The average molecular weight is 477 g/mol. The molecule has 2 amide bonds. The summed E-state index contributed by atoms with van der Waals surface area (Å²) in [5, 5.41) is 13.0. The third-order valence-electron chi connectivity index (χ3n) is 4.51. The van der Waals surface area contributed by atoms with Crippen molar-refractivity contribution in [3.8, 4) is 0 Å². The largest absolute Gasteiger partial charge is 0.477 e. The molecule has 2 N–H and O–H groups in total. The van der Waals surface area contributed by atoms with Crippen LogP contribution in [0.25, 0.3) is 0 Å². The number of hydrogen-bond donors (Lipinski definition) is 2. The highest BCUT2D eigenvalue weighted by molar-refractivity contribution is 8.01. The van der Waals surface area contributed by atoms with Gasteiger partial charge >= 0.3 is 5.97 Å². The van der Waals surface area contributed by atoms with Crippen LogP contribution < -0.4 is 5.32 Å². The Bertz CT molecular complexity index is 1030. The number of aliphatic carboxylic acids is 1. The summed E-state index contributed by atoms with van der Waals surface area (Å²) in [6, 6.07) is 0. The Hall–Kier alpha value is -2.64. The van der Waals surface area contributed by atoms with Gasteiger partial charge in [0.1, 0.15) is 21.1 Å². The number of carboxylic acid groups (broad SMARTS) is 1. The first-order valence-corrected chi connectivity index (χ1v) is 12.0. The topological polar surface area (TPSA) is 138 Å². The van der Waals surface area contributed by atoms with E-state index in [1.165, 1.54) is 58.7 Å². The van der Waals surface area contributed by atoms with Crippen molar-refractivity contribution < 1.29 is 19.5 Å². The normalized spacial score (nSPS) is 22.2. The molecule has 13 heteroatoms. The minimum Gasteiger partial charge on any atom is -0.477 e. The van der Waals surface area contributed by atoms with Crippen molar-refractivity contribution in [1.82, 2.24) is 30.2 Å². The first kappa shape index (κ1) is 21.6. The Balaban J connectivity index is 1.52. The van der Waals surface area contributed by atoms with Gasteiger partial charge in [-0.3, -0.25) is 24.5 Å². The molecule has 2 aliphatic heterocycles. The maximum absolute atomic E-state index is 13.2. The Morgan fingerprint density at radius 3 is 2.45 bits per heavy atom. The molecule has 0 saturated carbocycles. The van der Waals surface area contributed by atoms with Gasteiger partial charge in [0.25, 0.3) is 5.91 Å². The van der Waals surface area contributed by atoms with Crippen LogP contribution in [0.1, 0.15) is 0 Å². The van der Waals surface area contributed by atoms with Crippen LogP contribution >= 0.6 is 35.3 Å². The fourth-order valence-electron chi connectivity index (χ4n) is 3.16. The van der Waals surface area contributed by atoms with E-state index in [1.807, 2.05) is 0 Å². The monoisotopic (exact) mass is 476 g/mol. The van der Waals surface area contributed by atoms with Crippen molar-refractivity contribution in [2.24, 2.45) is 0 Å². The Labute approximate surface area is 189 Å². The number of thioether (sulfide) groups is 3. The summed E-state index contributed by atoms with van der Waals surface area (Å²) in [7, 11) is 0. The summed E-state index contributed by atoms with van der Waals surface area (Å²) >= 11 is 3.89. The highest BCUT2D eigenvalue weighted by atomic mass is 32.2. The molecule has 1 saturated heterocycles. The molecule has 1 unspecified atom stereocenters.